The number of halogens is 3. The van der Waals surface area contributed by atoms with Gasteiger partial charge in [-0.25, -0.2) is 22.2 Å². The minimum Gasteiger partial charge on any atom is -0.483 e. The summed E-state index contributed by atoms with van der Waals surface area (Å²) in [6, 6.07) is 9.19. The van der Waals surface area contributed by atoms with Crippen molar-refractivity contribution in [1.82, 2.24) is 14.3 Å². The van der Waals surface area contributed by atoms with E-state index in [0.29, 0.717) is 0 Å². The number of alkyl halides is 3. The van der Waals surface area contributed by atoms with Crippen LogP contribution in [0, 0.1) is 6.92 Å². The lowest BCUT2D eigenvalue weighted by Crippen LogP contribution is -2.24. The summed E-state index contributed by atoms with van der Waals surface area (Å²) >= 11 is 0. The minimum atomic E-state index is -5.07. The standard InChI is InChI=1S/C22H18F3N3O7S/c1-13-2-4-17(5-3-13)36(31,32)28-16(9-26-21(29)30)6-14-7-20(35-22(23,24)25)19(8-18(14)28)34-11-15-10-33-12-27-15/h2-8,10,12,26H,9,11H2,1H3,(H,29,30). The van der Waals surface area contributed by atoms with Crippen molar-refractivity contribution in [3.8, 4) is 11.5 Å². The number of fused-ring (bicyclic) bond motifs is 1. The molecule has 0 bridgehead atoms. The van der Waals surface area contributed by atoms with Crippen LogP contribution in [0.15, 0.2) is 64.4 Å². The van der Waals surface area contributed by atoms with Crippen molar-refractivity contribution in [3.05, 3.63) is 72.1 Å². The highest BCUT2D eigenvalue weighted by molar-refractivity contribution is 7.90. The number of rotatable bonds is 8. The van der Waals surface area contributed by atoms with Crippen LogP contribution in [0.1, 0.15) is 17.0 Å². The number of aromatic nitrogens is 2. The second-order valence-electron chi connectivity index (χ2n) is 7.55. The smallest absolute Gasteiger partial charge is 0.483 e. The van der Waals surface area contributed by atoms with E-state index in [0.717, 1.165) is 28.1 Å². The Morgan fingerprint density at radius 1 is 1.17 bits per heavy atom. The van der Waals surface area contributed by atoms with Crippen molar-refractivity contribution in [2.45, 2.75) is 31.3 Å². The molecule has 4 rings (SSSR count). The first kappa shape index (κ1) is 24.9. The van der Waals surface area contributed by atoms with Gasteiger partial charge in [-0.1, -0.05) is 17.7 Å². The molecule has 2 aromatic carbocycles. The lowest BCUT2D eigenvalue weighted by Gasteiger charge is -2.16. The molecule has 0 unspecified atom stereocenters. The van der Waals surface area contributed by atoms with Crippen LogP contribution in [-0.2, 0) is 23.2 Å². The van der Waals surface area contributed by atoms with Gasteiger partial charge in [-0.2, -0.15) is 0 Å². The van der Waals surface area contributed by atoms with Crippen LogP contribution in [0.3, 0.4) is 0 Å². The SMILES string of the molecule is Cc1ccc(S(=O)(=O)n2c(CNC(=O)O)cc3cc(OC(F)(F)F)c(OCc4cocn4)cc32)cc1. The Morgan fingerprint density at radius 2 is 1.89 bits per heavy atom. The number of carboxylic acid groups (broad SMARTS) is 1. The Bertz CT molecular complexity index is 1500. The Labute approximate surface area is 201 Å². The monoisotopic (exact) mass is 525 g/mol. The van der Waals surface area contributed by atoms with Crippen LogP contribution in [0.4, 0.5) is 18.0 Å². The number of amides is 1. The summed E-state index contributed by atoms with van der Waals surface area (Å²) in [4.78, 5) is 14.8. The van der Waals surface area contributed by atoms with Gasteiger partial charge in [0.15, 0.2) is 17.9 Å². The van der Waals surface area contributed by atoms with Gasteiger partial charge in [-0.3, -0.25) is 0 Å². The van der Waals surface area contributed by atoms with E-state index in [-0.39, 0.29) is 33.8 Å². The lowest BCUT2D eigenvalue weighted by molar-refractivity contribution is -0.275. The number of oxazole rings is 1. The van der Waals surface area contributed by atoms with E-state index in [1.807, 2.05) is 0 Å². The molecule has 0 aliphatic carbocycles. The first-order valence-electron chi connectivity index (χ1n) is 10.2. The zero-order valence-corrected chi connectivity index (χ0v) is 19.3. The van der Waals surface area contributed by atoms with Gasteiger partial charge < -0.3 is 24.3 Å². The molecular weight excluding hydrogens is 507 g/mol. The molecule has 190 valence electrons. The molecule has 2 N–H and O–H groups in total. The summed E-state index contributed by atoms with van der Waals surface area (Å²) in [6.07, 6.45) is -4.15. The van der Waals surface area contributed by atoms with Crippen molar-refractivity contribution in [2.24, 2.45) is 0 Å². The second kappa shape index (κ2) is 9.45. The number of aryl methyl sites for hydroxylation is 1. The molecule has 0 saturated heterocycles. The van der Waals surface area contributed by atoms with Crippen LogP contribution in [0.2, 0.25) is 0 Å². The van der Waals surface area contributed by atoms with E-state index in [9.17, 15) is 26.4 Å². The molecular formula is C22H18F3N3O7S. The molecule has 0 atom stereocenters. The van der Waals surface area contributed by atoms with Gasteiger partial charge in [0.05, 0.1) is 22.7 Å². The molecule has 2 aromatic heterocycles. The van der Waals surface area contributed by atoms with E-state index >= 15 is 0 Å². The summed E-state index contributed by atoms with van der Waals surface area (Å²) in [7, 11) is -4.30. The van der Waals surface area contributed by atoms with E-state index in [1.54, 1.807) is 19.1 Å². The average Bonchev–Trinajstić information content (AvgIpc) is 3.43. The second-order valence-corrected chi connectivity index (χ2v) is 9.34. The highest BCUT2D eigenvalue weighted by Gasteiger charge is 2.33. The van der Waals surface area contributed by atoms with Crippen molar-refractivity contribution >= 4 is 27.0 Å². The van der Waals surface area contributed by atoms with Gasteiger partial charge in [-0.05, 0) is 31.2 Å². The summed E-state index contributed by atoms with van der Waals surface area (Å²) < 4.78 is 81.6. The molecule has 0 saturated carbocycles. The fourth-order valence-corrected chi connectivity index (χ4v) is 4.95. The normalized spacial score (nSPS) is 12.0. The molecule has 4 aromatic rings. The third-order valence-corrected chi connectivity index (χ3v) is 6.74. The Kier molecular flexibility index (Phi) is 6.54. The fraction of sp³-hybridized carbons (Fsp3) is 0.182. The predicted molar refractivity (Wildman–Crippen MR) is 118 cm³/mol. The summed E-state index contributed by atoms with van der Waals surface area (Å²) in [6.45, 7) is 1.03. The Morgan fingerprint density at radius 3 is 2.50 bits per heavy atom. The molecule has 0 spiro atoms. The van der Waals surface area contributed by atoms with Crippen molar-refractivity contribution in [3.63, 3.8) is 0 Å². The van der Waals surface area contributed by atoms with Crippen molar-refractivity contribution in [1.29, 1.82) is 0 Å². The zero-order valence-electron chi connectivity index (χ0n) is 18.4. The predicted octanol–water partition coefficient (Wildman–Crippen LogP) is 4.42. The topological polar surface area (TPSA) is 133 Å². The molecule has 1 amide bonds. The first-order valence-corrected chi connectivity index (χ1v) is 11.6. The minimum absolute atomic E-state index is 0.0421. The maximum absolute atomic E-state index is 13.6. The highest BCUT2D eigenvalue weighted by atomic mass is 32.2. The number of nitrogens with zero attached hydrogens (tertiary/aromatic N) is 2. The summed E-state index contributed by atoms with van der Waals surface area (Å²) in [5, 5.41) is 11.1. The van der Waals surface area contributed by atoms with Crippen LogP contribution >= 0.6 is 0 Å². The number of nitrogens with one attached hydrogen (secondary N) is 1. The molecule has 2 heterocycles. The van der Waals surface area contributed by atoms with Gasteiger partial charge in [0.1, 0.15) is 18.6 Å². The van der Waals surface area contributed by atoms with E-state index in [4.69, 9.17) is 14.3 Å². The number of hydrogen-bond acceptors (Lipinski definition) is 7. The van der Waals surface area contributed by atoms with Crippen molar-refractivity contribution in [2.75, 3.05) is 0 Å². The van der Waals surface area contributed by atoms with Gasteiger partial charge in [0, 0.05) is 11.5 Å². The Balaban J connectivity index is 1.90. The lowest BCUT2D eigenvalue weighted by atomic mass is 10.2. The van der Waals surface area contributed by atoms with Crippen LogP contribution < -0.4 is 14.8 Å². The number of carbonyl (C=O) groups is 1. The quantitative estimate of drug-likeness (QED) is 0.346. The molecule has 10 nitrogen and oxygen atoms in total. The molecule has 0 radical (unpaired) electrons. The van der Waals surface area contributed by atoms with Gasteiger partial charge in [0.25, 0.3) is 10.0 Å². The van der Waals surface area contributed by atoms with Crippen LogP contribution in [-0.4, -0.2) is 34.9 Å². The summed E-state index contributed by atoms with van der Waals surface area (Å²) in [5.74, 6) is -1.14. The highest BCUT2D eigenvalue weighted by Crippen LogP contribution is 2.39. The van der Waals surface area contributed by atoms with Gasteiger partial charge in [-0.15, -0.1) is 13.2 Å². The van der Waals surface area contributed by atoms with E-state index in [1.165, 1.54) is 24.5 Å². The van der Waals surface area contributed by atoms with Gasteiger partial charge in [0.2, 0.25) is 0 Å². The molecule has 0 fully saturated rings. The number of benzene rings is 2. The van der Waals surface area contributed by atoms with Crippen molar-refractivity contribution < 1.29 is 45.4 Å². The van der Waals surface area contributed by atoms with Crippen LogP contribution in [0.25, 0.3) is 10.9 Å². The zero-order chi connectivity index (χ0) is 26.1. The number of ether oxygens (including phenoxy) is 2. The third-order valence-electron chi connectivity index (χ3n) is 4.96. The maximum atomic E-state index is 13.6. The summed E-state index contributed by atoms with van der Waals surface area (Å²) in [5.41, 5.74) is 0.973. The van der Waals surface area contributed by atoms with E-state index < -0.39 is 40.5 Å². The largest absolute Gasteiger partial charge is 0.573 e. The number of hydrogen-bond donors (Lipinski definition) is 2. The molecule has 36 heavy (non-hydrogen) atoms. The molecule has 0 aliphatic rings. The van der Waals surface area contributed by atoms with Crippen LogP contribution in [0.5, 0.6) is 11.5 Å². The Hall–Kier alpha value is -4.20. The molecule has 14 heteroatoms. The third kappa shape index (κ3) is 5.38. The first-order chi connectivity index (χ1) is 16.9. The molecule has 0 aliphatic heterocycles. The fourth-order valence-electron chi connectivity index (χ4n) is 3.42. The maximum Gasteiger partial charge on any atom is 0.573 e. The average molecular weight is 525 g/mol. The van der Waals surface area contributed by atoms with Gasteiger partial charge >= 0.3 is 12.5 Å². The van der Waals surface area contributed by atoms with E-state index in [2.05, 4.69) is 15.0 Å².